The molecule has 0 aliphatic heterocycles. The maximum atomic E-state index is 6.19. The van der Waals surface area contributed by atoms with Gasteiger partial charge in [0, 0.05) is 11.4 Å². The van der Waals surface area contributed by atoms with Gasteiger partial charge in [0.1, 0.15) is 0 Å². The van der Waals surface area contributed by atoms with Crippen LogP contribution in [0, 0.1) is 0 Å². The maximum Gasteiger partial charge on any atom is 0.0375 e. The molecule has 2 nitrogen and oxygen atoms in total. The third-order valence-electron chi connectivity index (χ3n) is 4.32. The molecule has 1 aliphatic rings. The van der Waals surface area contributed by atoms with Crippen LogP contribution >= 0.6 is 0 Å². The zero-order valence-electron chi connectivity index (χ0n) is 12.0. The summed E-state index contributed by atoms with van der Waals surface area (Å²) in [4.78, 5) is 0. The van der Waals surface area contributed by atoms with Gasteiger partial charge in [-0.15, -0.1) is 0 Å². The summed E-state index contributed by atoms with van der Waals surface area (Å²) in [6.45, 7) is 6.82. The number of unbranched alkanes of at least 4 members (excludes halogenated alkanes) is 2. The molecule has 0 atom stereocenters. The van der Waals surface area contributed by atoms with E-state index in [1.807, 2.05) is 6.07 Å². The molecule has 2 rings (SSSR count). The Morgan fingerprint density at radius 1 is 1.17 bits per heavy atom. The summed E-state index contributed by atoms with van der Waals surface area (Å²) in [5.41, 5.74) is 18.6. The standard InChI is InChI=1S/C16H26N2/c1-4-5-6-7-11-12-8-9-16(2,3)15(12)14(18)10-13(11)17/h10H,4-9,17-18H2,1-3H3. The summed E-state index contributed by atoms with van der Waals surface area (Å²) in [5.74, 6) is 0. The number of hydrogen-bond donors (Lipinski definition) is 2. The SMILES string of the molecule is CCCCCc1c(N)cc(N)c2c1CCC2(C)C. The molecule has 0 spiro atoms. The Balaban J connectivity index is 2.39. The second-order valence-corrected chi connectivity index (χ2v) is 6.23. The topological polar surface area (TPSA) is 52.0 Å². The van der Waals surface area contributed by atoms with Crippen LogP contribution in [0.4, 0.5) is 11.4 Å². The Morgan fingerprint density at radius 3 is 2.56 bits per heavy atom. The van der Waals surface area contributed by atoms with Crippen LogP contribution in [0.5, 0.6) is 0 Å². The average Bonchev–Trinajstić information content (AvgIpc) is 2.59. The lowest BCUT2D eigenvalue weighted by Crippen LogP contribution is -2.15. The lowest BCUT2D eigenvalue weighted by atomic mass is 9.84. The van der Waals surface area contributed by atoms with Gasteiger partial charge in [-0.25, -0.2) is 0 Å². The number of nitrogen functional groups attached to an aromatic ring is 2. The fourth-order valence-corrected chi connectivity index (χ4v) is 3.31. The molecule has 0 saturated carbocycles. The Morgan fingerprint density at radius 2 is 1.89 bits per heavy atom. The molecule has 0 heterocycles. The van der Waals surface area contributed by atoms with Gasteiger partial charge in [0.2, 0.25) is 0 Å². The third-order valence-corrected chi connectivity index (χ3v) is 4.32. The van der Waals surface area contributed by atoms with Crippen molar-refractivity contribution in [2.24, 2.45) is 0 Å². The van der Waals surface area contributed by atoms with E-state index in [0.29, 0.717) is 0 Å². The number of nitrogens with two attached hydrogens (primary N) is 2. The fourth-order valence-electron chi connectivity index (χ4n) is 3.31. The first-order chi connectivity index (χ1) is 8.47. The minimum absolute atomic E-state index is 0.215. The summed E-state index contributed by atoms with van der Waals surface area (Å²) in [6.07, 6.45) is 7.20. The van der Waals surface area contributed by atoms with E-state index in [1.54, 1.807) is 0 Å². The van der Waals surface area contributed by atoms with Crippen LogP contribution in [-0.4, -0.2) is 0 Å². The molecule has 2 heteroatoms. The highest BCUT2D eigenvalue weighted by Crippen LogP contribution is 2.45. The Labute approximate surface area is 111 Å². The van der Waals surface area contributed by atoms with Gasteiger partial charge in [0.15, 0.2) is 0 Å². The quantitative estimate of drug-likeness (QED) is 0.627. The summed E-state index contributed by atoms with van der Waals surface area (Å²) in [6, 6.07) is 1.98. The van der Waals surface area contributed by atoms with Crippen molar-refractivity contribution in [3.8, 4) is 0 Å². The van der Waals surface area contributed by atoms with Crippen molar-refractivity contribution in [2.75, 3.05) is 11.5 Å². The van der Waals surface area contributed by atoms with E-state index < -0.39 is 0 Å². The minimum atomic E-state index is 0.215. The molecule has 1 aliphatic carbocycles. The Hall–Kier alpha value is -1.18. The molecular weight excluding hydrogens is 220 g/mol. The van der Waals surface area contributed by atoms with Gasteiger partial charge in [0.25, 0.3) is 0 Å². The Bertz CT molecular complexity index is 447. The lowest BCUT2D eigenvalue weighted by molar-refractivity contribution is 0.524. The van der Waals surface area contributed by atoms with Crippen LogP contribution in [0.1, 0.15) is 63.1 Å². The first kappa shape index (κ1) is 13.3. The summed E-state index contributed by atoms with van der Waals surface area (Å²) in [5, 5.41) is 0. The van der Waals surface area contributed by atoms with Gasteiger partial charge >= 0.3 is 0 Å². The van der Waals surface area contributed by atoms with E-state index in [9.17, 15) is 0 Å². The van der Waals surface area contributed by atoms with Crippen molar-refractivity contribution in [3.63, 3.8) is 0 Å². The minimum Gasteiger partial charge on any atom is -0.398 e. The first-order valence-electron chi connectivity index (χ1n) is 7.17. The number of hydrogen-bond acceptors (Lipinski definition) is 2. The molecule has 18 heavy (non-hydrogen) atoms. The van der Waals surface area contributed by atoms with E-state index in [0.717, 1.165) is 24.2 Å². The number of rotatable bonds is 4. The first-order valence-corrected chi connectivity index (χ1v) is 7.17. The molecule has 0 fully saturated rings. The number of benzene rings is 1. The van der Waals surface area contributed by atoms with Gasteiger partial charge in [0.05, 0.1) is 0 Å². The summed E-state index contributed by atoms with van der Waals surface area (Å²) in [7, 11) is 0. The van der Waals surface area contributed by atoms with Crippen molar-refractivity contribution in [1.82, 2.24) is 0 Å². The van der Waals surface area contributed by atoms with Crippen LogP contribution < -0.4 is 11.5 Å². The van der Waals surface area contributed by atoms with Gasteiger partial charge in [-0.2, -0.15) is 0 Å². The van der Waals surface area contributed by atoms with Gasteiger partial charge in [-0.05, 0) is 53.9 Å². The van der Waals surface area contributed by atoms with Gasteiger partial charge in [-0.3, -0.25) is 0 Å². The predicted octanol–water partition coefficient (Wildman–Crippen LogP) is 3.81. The van der Waals surface area contributed by atoms with Crippen molar-refractivity contribution in [3.05, 3.63) is 22.8 Å². The van der Waals surface area contributed by atoms with Crippen LogP contribution in [0.2, 0.25) is 0 Å². The highest BCUT2D eigenvalue weighted by atomic mass is 14.6. The monoisotopic (exact) mass is 246 g/mol. The molecular formula is C16H26N2. The molecule has 0 radical (unpaired) electrons. The second kappa shape index (κ2) is 4.83. The molecule has 0 saturated heterocycles. The maximum absolute atomic E-state index is 6.19. The molecule has 4 N–H and O–H groups in total. The normalized spacial score (nSPS) is 16.8. The van der Waals surface area contributed by atoms with Crippen LogP contribution in [0.3, 0.4) is 0 Å². The molecule has 0 aromatic heterocycles. The largest absolute Gasteiger partial charge is 0.398 e. The van der Waals surface area contributed by atoms with E-state index >= 15 is 0 Å². The molecule has 0 unspecified atom stereocenters. The molecule has 1 aromatic rings. The summed E-state index contributed by atoms with van der Waals surface area (Å²) >= 11 is 0. The van der Waals surface area contributed by atoms with Crippen LogP contribution in [-0.2, 0) is 18.3 Å². The zero-order valence-corrected chi connectivity index (χ0v) is 12.0. The van der Waals surface area contributed by atoms with E-state index in [1.165, 1.54) is 42.4 Å². The van der Waals surface area contributed by atoms with Crippen LogP contribution in [0.25, 0.3) is 0 Å². The fraction of sp³-hybridized carbons (Fsp3) is 0.625. The highest BCUT2D eigenvalue weighted by molar-refractivity contribution is 5.69. The van der Waals surface area contributed by atoms with E-state index in [4.69, 9.17) is 11.5 Å². The third kappa shape index (κ3) is 2.21. The zero-order chi connectivity index (χ0) is 13.3. The lowest BCUT2D eigenvalue weighted by Gasteiger charge is -2.22. The number of anilines is 2. The molecule has 100 valence electrons. The molecule has 1 aromatic carbocycles. The van der Waals surface area contributed by atoms with Crippen LogP contribution in [0.15, 0.2) is 6.07 Å². The van der Waals surface area contributed by atoms with Gasteiger partial charge in [-0.1, -0.05) is 33.6 Å². The van der Waals surface area contributed by atoms with Crippen molar-refractivity contribution < 1.29 is 0 Å². The van der Waals surface area contributed by atoms with E-state index in [2.05, 4.69) is 20.8 Å². The second-order valence-electron chi connectivity index (χ2n) is 6.23. The summed E-state index contributed by atoms with van der Waals surface area (Å²) < 4.78 is 0. The molecule has 0 amide bonds. The van der Waals surface area contributed by atoms with Crippen molar-refractivity contribution in [1.29, 1.82) is 0 Å². The smallest absolute Gasteiger partial charge is 0.0375 e. The van der Waals surface area contributed by atoms with Crippen molar-refractivity contribution in [2.45, 2.75) is 64.7 Å². The van der Waals surface area contributed by atoms with E-state index in [-0.39, 0.29) is 5.41 Å². The average molecular weight is 246 g/mol. The van der Waals surface area contributed by atoms with Gasteiger partial charge < -0.3 is 11.5 Å². The van der Waals surface area contributed by atoms with Crippen molar-refractivity contribution >= 4 is 11.4 Å². The highest BCUT2D eigenvalue weighted by Gasteiger charge is 2.33. The number of fused-ring (bicyclic) bond motifs is 1. The Kier molecular flexibility index (Phi) is 3.56. The predicted molar refractivity (Wildman–Crippen MR) is 79.8 cm³/mol. The molecule has 0 bridgehead atoms.